The quantitative estimate of drug-likeness (QED) is 0.785. The molecule has 5 nitrogen and oxygen atoms in total. The van der Waals surface area contributed by atoms with E-state index in [2.05, 4.69) is 15.5 Å². The van der Waals surface area contributed by atoms with Gasteiger partial charge >= 0.3 is 0 Å². The first-order valence-corrected chi connectivity index (χ1v) is 7.74. The molecule has 1 aromatic carbocycles. The van der Waals surface area contributed by atoms with Crippen LogP contribution in [0.25, 0.3) is 0 Å². The molecule has 114 valence electrons. The van der Waals surface area contributed by atoms with Crippen molar-refractivity contribution in [1.29, 1.82) is 0 Å². The number of hydrogen-bond acceptors (Lipinski definition) is 4. The maximum atomic E-state index is 12.1. The molecule has 1 amide bonds. The molecule has 21 heavy (non-hydrogen) atoms. The van der Waals surface area contributed by atoms with Crippen molar-refractivity contribution in [3.05, 3.63) is 34.9 Å². The molecular formula is C16H23N3O2. The summed E-state index contributed by atoms with van der Waals surface area (Å²) in [6, 6.07) is 5.84. The Labute approximate surface area is 125 Å². The van der Waals surface area contributed by atoms with Gasteiger partial charge in [-0.25, -0.2) is 0 Å². The Hall–Kier alpha value is -1.43. The zero-order valence-electron chi connectivity index (χ0n) is 12.4. The standard InChI is InChI=1S/C16H23N3O2/c20-16(13-2-3-14-11-21-12-15(14)10-13)18-4-1-7-19-8-5-17-6-9-19/h2-3,10,17H,1,4-9,11-12H2,(H,18,20). The van der Waals surface area contributed by atoms with Crippen LogP contribution in [0.2, 0.25) is 0 Å². The Morgan fingerprint density at radius 3 is 2.90 bits per heavy atom. The molecule has 0 aliphatic carbocycles. The smallest absolute Gasteiger partial charge is 0.251 e. The van der Waals surface area contributed by atoms with Gasteiger partial charge in [0, 0.05) is 38.3 Å². The second-order valence-electron chi connectivity index (χ2n) is 5.68. The average Bonchev–Trinajstić information content (AvgIpc) is 3.00. The lowest BCUT2D eigenvalue weighted by Crippen LogP contribution is -2.44. The Morgan fingerprint density at radius 2 is 2.05 bits per heavy atom. The molecule has 0 saturated carbocycles. The summed E-state index contributed by atoms with van der Waals surface area (Å²) in [6.07, 6.45) is 1.000. The molecule has 0 bridgehead atoms. The molecule has 0 spiro atoms. The summed E-state index contributed by atoms with van der Waals surface area (Å²) < 4.78 is 5.37. The van der Waals surface area contributed by atoms with E-state index in [1.54, 1.807) is 0 Å². The predicted octanol–water partition coefficient (Wildman–Crippen LogP) is 0.742. The van der Waals surface area contributed by atoms with Gasteiger partial charge in [-0.05, 0) is 36.2 Å². The number of rotatable bonds is 5. The normalized spacial score (nSPS) is 18.5. The Morgan fingerprint density at radius 1 is 1.24 bits per heavy atom. The molecule has 2 aliphatic rings. The third-order valence-corrected chi connectivity index (χ3v) is 4.13. The molecule has 0 radical (unpaired) electrons. The number of fused-ring (bicyclic) bond motifs is 1. The van der Waals surface area contributed by atoms with E-state index in [1.807, 2.05) is 18.2 Å². The van der Waals surface area contributed by atoms with E-state index in [9.17, 15) is 4.79 Å². The number of benzene rings is 1. The topological polar surface area (TPSA) is 53.6 Å². The minimum absolute atomic E-state index is 0.0185. The van der Waals surface area contributed by atoms with Crippen LogP contribution in [0.3, 0.4) is 0 Å². The van der Waals surface area contributed by atoms with Gasteiger partial charge in [0.2, 0.25) is 0 Å². The SMILES string of the molecule is O=C(NCCCN1CCNCC1)c1ccc2c(c1)COC2. The minimum atomic E-state index is 0.0185. The van der Waals surface area contributed by atoms with Gasteiger partial charge in [0.25, 0.3) is 5.91 Å². The summed E-state index contributed by atoms with van der Waals surface area (Å²) in [7, 11) is 0. The highest BCUT2D eigenvalue weighted by atomic mass is 16.5. The van der Waals surface area contributed by atoms with Gasteiger partial charge < -0.3 is 20.3 Å². The number of carbonyl (C=O) groups is 1. The summed E-state index contributed by atoms with van der Waals surface area (Å²) in [5, 5.41) is 6.35. The Bertz CT molecular complexity index is 498. The maximum Gasteiger partial charge on any atom is 0.251 e. The molecule has 5 heteroatoms. The first kappa shape index (κ1) is 14.5. The van der Waals surface area contributed by atoms with Gasteiger partial charge in [-0.2, -0.15) is 0 Å². The third-order valence-electron chi connectivity index (χ3n) is 4.13. The molecule has 1 aromatic rings. The van der Waals surface area contributed by atoms with Gasteiger partial charge in [0.1, 0.15) is 0 Å². The number of piperazine rings is 1. The second kappa shape index (κ2) is 7.02. The largest absolute Gasteiger partial charge is 0.372 e. The van der Waals surface area contributed by atoms with E-state index in [-0.39, 0.29) is 5.91 Å². The summed E-state index contributed by atoms with van der Waals surface area (Å²) in [5.74, 6) is 0.0185. The lowest BCUT2D eigenvalue weighted by Gasteiger charge is -2.27. The summed E-state index contributed by atoms with van der Waals surface area (Å²) in [5.41, 5.74) is 3.08. The van der Waals surface area contributed by atoms with Gasteiger partial charge in [0.15, 0.2) is 0 Å². The number of ether oxygens (including phenoxy) is 1. The van der Waals surface area contributed by atoms with E-state index in [0.717, 1.165) is 56.8 Å². The van der Waals surface area contributed by atoms with Crippen molar-refractivity contribution in [2.45, 2.75) is 19.6 Å². The molecule has 2 heterocycles. The van der Waals surface area contributed by atoms with Crippen molar-refractivity contribution in [3.8, 4) is 0 Å². The van der Waals surface area contributed by atoms with Crippen LogP contribution in [0.15, 0.2) is 18.2 Å². The van der Waals surface area contributed by atoms with Crippen LogP contribution in [-0.4, -0.2) is 50.1 Å². The molecule has 0 unspecified atom stereocenters. The zero-order chi connectivity index (χ0) is 14.5. The molecule has 2 N–H and O–H groups in total. The first-order chi connectivity index (χ1) is 10.3. The fourth-order valence-corrected chi connectivity index (χ4v) is 2.85. The van der Waals surface area contributed by atoms with Crippen molar-refractivity contribution in [1.82, 2.24) is 15.5 Å². The van der Waals surface area contributed by atoms with E-state index in [1.165, 1.54) is 5.56 Å². The summed E-state index contributed by atoms with van der Waals surface area (Å²) >= 11 is 0. The van der Waals surface area contributed by atoms with E-state index in [0.29, 0.717) is 13.2 Å². The predicted molar refractivity (Wildman–Crippen MR) is 81.2 cm³/mol. The lowest BCUT2D eigenvalue weighted by molar-refractivity contribution is 0.0951. The molecule has 1 saturated heterocycles. The van der Waals surface area contributed by atoms with Crippen LogP contribution in [0.4, 0.5) is 0 Å². The highest BCUT2D eigenvalue weighted by Crippen LogP contribution is 2.20. The number of hydrogen-bond donors (Lipinski definition) is 2. The van der Waals surface area contributed by atoms with Crippen LogP contribution in [0.5, 0.6) is 0 Å². The highest BCUT2D eigenvalue weighted by Gasteiger charge is 2.14. The molecule has 2 aliphatic heterocycles. The van der Waals surface area contributed by atoms with E-state index < -0.39 is 0 Å². The summed E-state index contributed by atoms with van der Waals surface area (Å²) in [4.78, 5) is 14.6. The average molecular weight is 289 g/mol. The number of nitrogens with zero attached hydrogens (tertiary/aromatic N) is 1. The molecule has 1 fully saturated rings. The van der Waals surface area contributed by atoms with E-state index in [4.69, 9.17) is 4.74 Å². The van der Waals surface area contributed by atoms with Crippen molar-refractivity contribution >= 4 is 5.91 Å². The van der Waals surface area contributed by atoms with Crippen LogP contribution in [0.1, 0.15) is 27.9 Å². The van der Waals surface area contributed by atoms with Gasteiger partial charge in [-0.1, -0.05) is 6.07 Å². The molecule has 0 atom stereocenters. The van der Waals surface area contributed by atoms with Crippen LogP contribution in [-0.2, 0) is 18.0 Å². The summed E-state index contributed by atoms with van der Waals surface area (Å²) in [6.45, 7) is 7.45. The van der Waals surface area contributed by atoms with Gasteiger partial charge in [-0.3, -0.25) is 4.79 Å². The van der Waals surface area contributed by atoms with Crippen molar-refractivity contribution in [3.63, 3.8) is 0 Å². The number of nitrogens with one attached hydrogen (secondary N) is 2. The third kappa shape index (κ3) is 3.81. The zero-order valence-corrected chi connectivity index (χ0v) is 12.4. The maximum absolute atomic E-state index is 12.1. The van der Waals surface area contributed by atoms with Gasteiger partial charge in [-0.15, -0.1) is 0 Å². The van der Waals surface area contributed by atoms with Crippen LogP contribution >= 0.6 is 0 Å². The lowest BCUT2D eigenvalue weighted by atomic mass is 10.1. The fraction of sp³-hybridized carbons (Fsp3) is 0.562. The van der Waals surface area contributed by atoms with Crippen molar-refractivity contribution in [2.24, 2.45) is 0 Å². The second-order valence-corrected chi connectivity index (χ2v) is 5.68. The number of carbonyl (C=O) groups excluding carboxylic acids is 1. The highest BCUT2D eigenvalue weighted by molar-refractivity contribution is 5.94. The Kier molecular flexibility index (Phi) is 4.85. The van der Waals surface area contributed by atoms with Crippen molar-refractivity contribution in [2.75, 3.05) is 39.3 Å². The molecule has 0 aromatic heterocycles. The van der Waals surface area contributed by atoms with Crippen molar-refractivity contribution < 1.29 is 9.53 Å². The minimum Gasteiger partial charge on any atom is -0.372 e. The Balaban J connectivity index is 1.41. The van der Waals surface area contributed by atoms with E-state index >= 15 is 0 Å². The van der Waals surface area contributed by atoms with Crippen LogP contribution < -0.4 is 10.6 Å². The molecule has 3 rings (SSSR count). The van der Waals surface area contributed by atoms with Gasteiger partial charge in [0.05, 0.1) is 13.2 Å². The number of amides is 1. The first-order valence-electron chi connectivity index (χ1n) is 7.74. The molecular weight excluding hydrogens is 266 g/mol. The van der Waals surface area contributed by atoms with Crippen LogP contribution in [0, 0.1) is 0 Å². The fourth-order valence-electron chi connectivity index (χ4n) is 2.85. The monoisotopic (exact) mass is 289 g/mol.